The predicted octanol–water partition coefficient (Wildman–Crippen LogP) is 1.59. The first-order valence-electron chi connectivity index (χ1n) is 7.10. The Balaban J connectivity index is 2.21. The molecule has 0 radical (unpaired) electrons. The number of hydrogen-bond acceptors (Lipinski definition) is 3. The number of rotatable bonds is 6. The van der Waals surface area contributed by atoms with Gasteiger partial charge in [0, 0.05) is 6.54 Å². The molecule has 1 aliphatic carbocycles. The molecule has 0 aromatic rings. The van der Waals surface area contributed by atoms with Gasteiger partial charge in [0.1, 0.15) is 0 Å². The second-order valence-electron chi connectivity index (χ2n) is 5.91. The molecule has 1 amide bonds. The van der Waals surface area contributed by atoms with Gasteiger partial charge in [-0.05, 0) is 25.2 Å². The minimum atomic E-state index is -0.793. The van der Waals surface area contributed by atoms with E-state index in [0.29, 0.717) is 13.0 Å². The lowest BCUT2D eigenvalue weighted by atomic mass is 9.82. The summed E-state index contributed by atoms with van der Waals surface area (Å²) in [5.41, 5.74) is -0.793. The molecule has 0 aromatic heterocycles. The standard InChI is InChI=1S/C14H27NO3/c1-11(2)12(16)6-9-15-13(17)10-14(18)7-4-3-5-8-14/h11-12,16,18H,3-10H2,1-2H3,(H,15,17). The quantitative estimate of drug-likeness (QED) is 0.677. The fourth-order valence-electron chi connectivity index (χ4n) is 2.44. The fraction of sp³-hybridized carbons (Fsp3) is 0.929. The zero-order valence-corrected chi connectivity index (χ0v) is 11.6. The van der Waals surface area contributed by atoms with E-state index in [1.807, 2.05) is 13.8 Å². The van der Waals surface area contributed by atoms with Crippen molar-refractivity contribution < 1.29 is 15.0 Å². The lowest BCUT2D eigenvalue weighted by Crippen LogP contribution is -2.39. The molecule has 1 rings (SSSR count). The van der Waals surface area contributed by atoms with Crippen molar-refractivity contribution in [3.63, 3.8) is 0 Å². The lowest BCUT2D eigenvalue weighted by Gasteiger charge is -2.31. The molecule has 18 heavy (non-hydrogen) atoms. The van der Waals surface area contributed by atoms with E-state index < -0.39 is 5.60 Å². The van der Waals surface area contributed by atoms with Crippen molar-refractivity contribution in [2.75, 3.05) is 6.54 Å². The highest BCUT2D eigenvalue weighted by Crippen LogP contribution is 2.30. The highest BCUT2D eigenvalue weighted by atomic mass is 16.3. The average molecular weight is 257 g/mol. The Hall–Kier alpha value is -0.610. The maximum absolute atomic E-state index is 11.7. The summed E-state index contributed by atoms with van der Waals surface area (Å²) in [5, 5.41) is 22.6. The maximum atomic E-state index is 11.7. The lowest BCUT2D eigenvalue weighted by molar-refractivity contribution is -0.127. The zero-order valence-electron chi connectivity index (χ0n) is 11.6. The van der Waals surface area contributed by atoms with Gasteiger partial charge in [0.25, 0.3) is 0 Å². The maximum Gasteiger partial charge on any atom is 0.222 e. The molecule has 106 valence electrons. The monoisotopic (exact) mass is 257 g/mol. The minimum Gasteiger partial charge on any atom is -0.393 e. The van der Waals surface area contributed by atoms with E-state index in [2.05, 4.69) is 5.32 Å². The van der Waals surface area contributed by atoms with Crippen LogP contribution < -0.4 is 5.32 Å². The summed E-state index contributed by atoms with van der Waals surface area (Å²) in [7, 11) is 0. The summed E-state index contributed by atoms with van der Waals surface area (Å²) in [6, 6.07) is 0. The third-order valence-electron chi connectivity index (χ3n) is 3.81. The predicted molar refractivity (Wildman–Crippen MR) is 71.1 cm³/mol. The van der Waals surface area contributed by atoms with E-state index in [1.54, 1.807) is 0 Å². The topological polar surface area (TPSA) is 69.6 Å². The summed E-state index contributed by atoms with van der Waals surface area (Å²) in [6.07, 6.45) is 5.04. The molecule has 1 fully saturated rings. The third-order valence-corrected chi connectivity index (χ3v) is 3.81. The summed E-state index contributed by atoms with van der Waals surface area (Å²) in [4.78, 5) is 11.7. The van der Waals surface area contributed by atoms with Crippen molar-refractivity contribution in [1.82, 2.24) is 5.32 Å². The highest BCUT2D eigenvalue weighted by molar-refractivity contribution is 5.76. The Morgan fingerprint density at radius 2 is 1.89 bits per heavy atom. The summed E-state index contributed by atoms with van der Waals surface area (Å²) >= 11 is 0. The van der Waals surface area contributed by atoms with Gasteiger partial charge >= 0.3 is 0 Å². The molecule has 4 nitrogen and oxygen atoms in total. The van der Waals surface area contributed by atoms with Gasteiger partial charge in [-0.2, -0.15) is 0 Å². The molecule has 0 aliphatic heterocycles. The van der Waals surface area contributed by atoms with Gasteiger partial charge in [-0.3, -0.25) is 4.79 Å². The molecular weight excluding hydrogens is 230 g/mol. The van der Waals surface area contributed by atoms with Crippen LogP contribution in [0.15, 0.2) is 0 Å². The van der Waals surface area contributed by atoms with Crippen LogP contribution in [0.5, 0.6) is 0 Å². The summed E-state index contributed by atoms with van der Waals surface area (Å²) < 4.78 is 0. The number of nitrogens with one attached hydrogen (secondary N) is 1. The number of carbonyl (C=O) groups excluding carboxylic acids is 1. The van der Waals surface area contributed by atoms with Crippen molar-refractivity contribution in [1.29, 1.82) is 0 Å². The zero-order chi connectivity index (χ0) is 13.6. The SMILES string of the molecule is CC(C)C(O)CCNC(=O)CC1(O)CCCCC1. The first-order chi connectivity index (χ1) is 8.43. The Kier molecular flexibility index (Phi) is 6.09. The largest absolute Gasteiger partial charge is 0.393 e. The molecule has 0 saturated heterocycles. The van der Waals surface area contributed by atoms with Crippen LogP contribution in [0.2, 0.25) is 0 Å². The Morgan fingerprint density at radius 1 is 1.28 bits per heavy atom. The molecule has 1 saturated carbocycles. The van der Waals surface area contributed by atoms with Gasteiger partial charge in [-0.15, -0.1) is 0 Å². The second kappa shape index (κ2) is 7.10. The van der Waals surface area contributed by atoms with Gasteiger partial charge in [-0.1, -0.05) is 33.1 Å². The number of aliphatic hydroxyl groups excluding tert-OH is 1. The van der Waals surface area contributed by atoms with Crippen molar-refractivity contribution in [3.8, 4) is 0 Å². The van der Waals surface area contributed by atoms with E-state index >= 15 is 0 Å². The average Bonchev–Trinajstić information content (AvgIpc) is 2.28. The van der Waals surface area contributed by atoms with Crippen molar-refractivity contribution in [3.05, 3.63) is 0 Å². The summed E-state index contributed by atoms with van der Waals surface area (Å²) in [6.45, 7) is 4.39. The molecule has 0 spiro atoms. The van der Waals surface area contributed by atoms with Gasteiger partial charge in [0.2, 0.25) is 5.91 Å². The van der Waals surface area contributed by atoms with Crippen LogP contribution in [0, 0.1) is 5.92 Å². The van der Waals surface area contributed by atoms with Crippen molar-refractivity contribution in [2.45, 2.75) is 70.5 Å². The van der Waals surface area contributed by atoms with Crippen LogP contribution in [-0.4, -0.2) is 34.4 Å². The number of aliphatic hydroxyl groups is 2. The molecule has 0 bridgehead atoms. The number of amides is 1. The first kappa shape index (κ1) is 15.4. The van der Waals surface area contributed by atoms with Crippen LogP contribution in [0.4, 0.5) is 0 Å². The van der Waals surface area contributed by atoms with Gasteiger partial charge < -0.3 is 15.5 Å². The van der Waals surface area contributed by atoms with E-state index in [0.717, 1.165) is 32.1 Å². The number of hydrogen-bond donors (Lipinski definition) is 3. The molecule has 1 aliphatic rings. The van der Waals surface area contributed by atoms with Crippen LogP contribution in [0.3, 0.4) is 0 Å². The van der Waals surface area contributed by atoms with Crippen LogP contribution in [0.1, 0.15) is 58.8 Å². The molecule has 4 heteroatoms. The normalized spacial score (nSPS) is 20.7. The van der Waals surface area contributed by atoms with E-state index in [4.69, 9.17) is 0 Å². The molecular formula is C14H27NO3. The van der Waals surface area contributed by atoms with Gasteiger partial charge in [0.05, 0.1) is 18.1 Å². The molecule has 0 heterocycles. The third kappa shape index (κ3) is 5.36. The minimum absolute atomic E-state index is 0.102. The second-order valence-corrected chi connectivity index (χ2v) is 5.91. The first-order valence-corrected chi connectivity index (χ1v) is 7.10. The highest BCUT2D eigenvalue weighted by Gasteiger charge is 2.31. The van der Waals surface area contributed by atoms with Crippen LogP contribution in [0.25, 0.3) is 0 Å². The van der Waals surface area contributed by atoms with E-state index in [9.17, 15) is 15.0 Å². The van der Waals surface area contributed by atoms with Crippen LogP contribution in [-0.2, 0) is 4.79 Å². The van der Waals surface area contributed by atoms with Gasteiger partial charge in [-0.25, -0.2) is 0 Å². The van der Waals surface area contributed by atoms with Crippen LogP contribution >= 0.6 is 0 Å². The van der Waals surface area contributed by atoms with Crippen molar-refractivity contribution >= 4 is 5.91 Å². The summed E-state index contributed by atoms with van der Waals surface area (Å²) in [5.74, 6) is 0.111. The molecule has 1 unspecified atom stereocenters. The van der Waals surface area contributed by atoms with E-state index in [-0.39, 0.29) is 24.3 Å². The smallest absolute Gasteiger partial charge is 0.222 e. The fourth-order valence-corrected chi connectivity index (χ4v) is 2.44. The Morgan fingerprint density at radius 3 is 2.44 bits per heavy atom. The Labute approximate surface area is 110 Å². The van der Waals surface area contributed by atoms with E-state index in [1.165, 1.54) is 0 Å². The van der Waals surface area contributed by atoms with Gasteiger partial charge in [0.15, 0.2) is 0 Å². The number of carbonyl (C=O) groups is 1. The Bertz CT molecular complexity index is 260. The molecule has 3 N–H and O–H groups in total. The van der Waals surface area contributed by atoms with Crippen molar-refractivity contribution in [2.24, 2.45) is 5.92 Å². The molecule has 1 atom stereocenters. The molecule has 0 aromatic carbocycles.